The van der Waals surface area contributed by atoms with Gasteiger partial charge in [-0.25, -0.2) is 9.97 Å². The van der Waals surface area contributed by atoms with Crippen LogP contribution in [-0.2, 0) is 10.8 Å². The molecule has 2 N–H and O–H groups in total. The molecule has 0 aliphatic carbocycles. The quantitative estimate of drug-likeness (QED) is 0.332. The van der Waals surface area contributed by atoms with Crippen molar-refractivity contribution in [2.45, 2.75) is 72.1 Å². The topological polar surface area (TPSA) is 62.5 Å². The van der Waals surface area contributed by atoms with E-state index in [4.69, 9.17) is 4.98 Å². The van der Waals surface area contributed by atoms with Crippen LogP contribution in [0.2, 0.25) is 0 Å². The maximum Gasteiger partial charge on any atom is 0.235 e. The number of aromatic hydroxyl groups is 1. The number of anilines is 2. The first kappa shape index (κ1) is 23.8. The van der Waals surface area contributed by atoms with Gasteiger partial charge in [0.2, 0.25) is 5.78 Å². The minimum atomic E-state index is -0.224. The zero-order valence-electron chi connectivity index (χ0n) is 21.6. The van der Waals surface area contributed by atoms with Crippen LogP contribution >= 0.6 is 0 Å². The van der Waals surface area contributed by atoms with E-state index < -0.39 is 0 Å². The molecule has 0 bridgehead atoms. The Morgan fingerprint density at radius 1 is 0.912 bits per heavy atom. The number of hydrogen-bond acceptors (Lipinski definition) is 4. The largest absolute Gasteiger partial charge is 0.507 e. The molecular weight excluding hydrogens is 420 g/mol. The predicted molar refractivity (Wildman–Crippen MR) is 141 cm³/mol. The molecule has 0 unspecified atom stereocenters. The fraction of sp³-hybridized carbons (Fsp3) is 0.379. The first-order valence-corrected chi connectivity index (χ1v) is 11.9. The smallest absolute Gasteiger partial charge is 0.235 e. The summed E-state index contributed by atoms with van der Waals surface area (Å²) in [6.07, 6.45) is 3.73. The van der Waals surface area contributed by atoms with E-state index in [1.807, 2.05) is 16.7 Å². The van der Waals surface area contributed by atoms with Crippen LogP contribution in [0.15, 0.2) is 54.9 Å². The fourth-order valence-electron chi connectivity index (χ4n) is 4.21. The minimum Gasteiger partial charge on any atom is -0.507 e. The SMILES string of the molecule is CC(C)c1ccc(Nc2c(-c3cc(C(C)(C)C)c(O)c(C(C)(C)C)c3)nc3ncccn23)cc1. The second-order valence-electron chi connectivity index (χ2n) is 11.4. The maximum atomic E-state index is 11.2. The summed E-state index contributed by atoms with van der Waals surface area (Å²) >= 11 is 0. The molecule has 0 aliphatic rings. The number of fused-ring (bicyclic) bond motifs is 1. The molecule has 4 aromatic rings. The number of imidazole rings is 1. The summed E-state index contributed by atoms with van der Waals surface area (Å²) < 4.78 is 1.98. The molecule has 0 atom stereocenters. The van der Waals surface area contributed by atoms with Crippen molar-refractivity contribution in [2.75, 3.05) is 5.32 Å². The van der Waals surface area contributed by atoms with Crippen molar-refractivity contribution < 1.29 is 5.11 Å². The van der Waals surface area contributed by atoms with E-state index in [-0.39, 0.29) is 10.8 Å². The lowest BCUT2D eigenvalue weighted by molar-refractivity contribution is 0.423. The van der Waals surface area contributed by atoms with E-state index in [2.05, 4.69) is 102 Å². The molecular formula is C29H36N4O. The lowest BCUT2D eigenvalue weighted by atomic mass is 9.78. The van der Waals surface area contributed by atoms with E-state index in [1.54, 1.807) is 6.20 Å². The highest BCUT2D eigenvalue weighted by Crippen LogP contribution is 2.43. The lowest BCUT2D eigenvalue weighted by Crippen LogP contribution is -2.17. The molecule has 0 saturated heterocycles. The molecule has 2 aromatic carbocycles. The number of aromatic nitrogens is 3. The Morgan fingerprint density at radius 3 is 2.03 bits per heavy atom. The summed E-state index contributed by atoms with van der Waals surface area (Å²) in [5.74, 6) is 2.32. The molecule has 34 heavy (non-hydrogen) atoms. The highest BCUT2D eigenvalue weighted by atomic mass is 16.3. The first-order valence-electron chi connectivity index (χ1n) is 11.9. The summed E-state index contributed by atoms with van der Waals surface area (Å²) in [7, 11) is 0. The molecule has 5 nitrogen and oxygen atoms in total. The number of rotatable bonds is 4. The molecule has 4 rings (SSSR count). The monoisotopic (exact) mass is 456 g/mol. The van der Waals surface area contributed by atoms with Crippen LogP contribution in [-0.4, -0.2) is 19.5 Å². The molecule has 0 spiro atoms. The second-order valence-corrected chi connectivity index (χ2v) is 11.4. The normalized spacial score (nSPS) is 12.5. The van der Waals surface area contributed by atoms with Crippen LogP contribution < -0.4 is 5.32 Å². The van der Waals surface area contributed by atoms with Crippen molar-refractivity contribution in [2.24, 2.45) is 0 Å². The van der Waals surface area contributed by atoms with Gasteiger partial charge in [0.1, 0.15) is 17.3 Å². The van der Waals surface area contributed by atoms with Crippen molar-refractivity contribution in [1.82, 2.24) is 14.4 Å². The van der Waals surface area contributed by atoms with E-state index in [9.17, 15) is 5.11 Å². The molecule has 0 fully saturated rings. The number of nitrogens with one attached hydrogen (secondary N) is 1. The van der Waals surface area contributed by atoms with E-state index in [0.717, 1.165) is 33.9 Å². The van der Waals surface area contributed by atoms with Gasteiger partial charge in [-0.2, -0.15) is 0 Å². The fourth-order valence-corrected chi connectivity index (χ4v) is 4.21. The minimum absolute atomic E-state index is 0.224. The third-order valence-corrected chi connectivity index (χ3v) is 6.24. The Balaban J connectivity index is 1.93. The third kappa shape index (κ3) is 4.52. The number of phenolic OH excluding ortho intramolecular Hbond substituents is 1. The van der Waals surface area contributed by atoms with Gasteiger partial charge in [0.25, 0.3) is 0 Å². The summed E-state index contributed by atoms with van der Waals surface area (Å²) in [6, 6.07) is 14.6. The summed E-state index contributed by atoms with van der Waals surface area (Å²) in [6.45, 7) is 17.1. The Labute approximate surface area is 202 Å². The predicted octanol–water partition coefficient (Wildman–Crippen LogP) is 7.56. The molecule has 2 heterocycles. The van der Waals surface area contributed by atoms with Crippen molar-refractivity contribution in [3.8, 4) is 17.0 Å². The van der Waals surface area contributed by atoms with Gasteiger partial charge in [-0.05, 0) is 52.6 Å². The van der Waals surface area contributed by atoms with Crippen LogP contribution in [0, 0.1) is 0 Å². The van der Waals surface area contributed by atoms with Crippen molar-refractivity contribution in [3.05, 3.63) is 71.5 Å². The van der Waals surface area contributed by atoms with Gasteiger partial charge < -0.3 is 10.4 Å². The van der Waals surface area contributed by atoms with Crippen LogP contribution in [0.4, 0.5) is 11.5 Å². The van der Waals surface area contributed by atoms with E-state index in [1.165, 1.54) is 5.56 Å². The van der Waals surface area contributed by atoms with Crippen molar-refractivity contribution >= 4 is 17.3 Å². The van der Waals surface area contributed by atoms with Crippen LogP contribution in [0.3, 0.4) is 0 Å². The summed E-state index contributed by atoms with van der Waals surface area (Å²) in [5, 5.41) is 14.8. The summed E-state index contributed by atoms with van der Waals surface area (Å²) in [4.78, 5) is 9.40. The molecule has 0 saturated carbocycles. The van der Waals surface area contributed by atoms with Gasteiger partial charge in [-0.1, -0.05) is 67.5 Å². The molecule has 0 aliphatic heterocycles. The number of hydrogen-bond donors (Lipinski definition) is 2. The van der Waals surface area contributed by atoms with Crippen LogP contribution in [0.1, 0.15) is 78.0 Å². The maximum absolute atomic E-state index is 11.2. The highest BCUT2D eigenvalue weighted by Gasteiger charge is 2.28. The Kier molecular flexibility index (Phi) is 5.92. The number of benzene rings is 2. The van der Waals surface area contributed by atoms with Crippen LogP contribution in [0.25, 0.3) is 17.0 Å². The highest BCUT2D eigenvalue weighted by molar-refractivity contribution is 5.80. The third-order valence-electron chi connectivity index (χ3n) is 6.24. The standard InChI is InChI=1S/C29H36N4O/c1-18(2)19-10-12-21(13-11-19)31-26-24(32-27-30-14-9-15-33(26)27)20-16-22(28(3,4)5)25(34)23(17-20)29(6,7)8/h9-18,31,34H,1-8H3. The number of phenols is 1. The van der Waals surface area contributed by atoms with E-state index >= 15 is 0 Å². The van der Waals surface area contributed by atoms with Crippen molar-refractivity contribution in [3.63, 3.8) is 0 Å². The molecule has 178 valence electrons. The molecule has 2 aromatic heterocycles. The second kappa shape index (κ2) is 8.46. The average Bonchev–Trinajstić information content (AvgIpc) is 3.11. The van der Waals surface area contributed by atoms with Gasteiger partial charge in [-0.3, -0.25) is 4.40 Å². The molecule has 0 amide bonds. The van der Waals surface area contributed by atoms with Crippen molar-refractivity contribution in [1.29, 1.82) is 0 Å². The Hall–Kier alpha value is -3.34. The lowest BCUT2D eigenvalue weighted by Gasteiger charge is -2.28. The van der Waals surface area contributed by atoms with Gasteiger partial charge in [0.05, 0.1) is 0 Å². The molecule has 0 radical (unpaired) electrons. The Morgan fingerprint density at radius 2 is 1.50 bits per heavy atom. The van der Waals surface area contributed by atoms with Gasteiger partial charge in [0.15, 0.2) is 0 Å². The zero-order chi connectivity index (χ0) is 24.8. The number of nitrogens with zero attached hydrogens (tertiary/aromatic N) is 3. The van der Waals surface area contributed by atoms with Gasteiger partial charge in [-0.15, -0.1) is 0 Å². The molecule has 5 heteroatoms. The zero-order valence-corrected chi connectivity index (χ0v) is 21.6. The summed E-state index contributed by atoms with van der Waals surface area (Å²) in [5.41, 5.74) is 5.42. The van der Waals surface area contributed by atoms with E-state index in [0.29, 0.717) is 17.4 Å². The van der Waals surface area contributed by atoms with Gasteiger partial charge in [0, 0.05) is 34.8 Å². The first-order chi connectivity index (χ1) is 15.9. The Bertz CT molecular complexity index is 1280. The van der Waals surface area contributed by atoms with Gasteiger partial charge >= 0.3 is 0 Å². The van der Waals surface area contributed by atoms with Crippen LogP contribution in [0.5, 0.6) is 5.75 Å². The average molecular weight is 457 g/mol.